The molecule has 2 rings (SSSR count). The van der Waals surface area contributed by atoms with Crippen molar-refractivity contribution in [2.45, 2.75) is 33.2 Å². The van der Waals surface area contributed by atoms with Crippen LogP contribution in [-0.2, 0) is 0 Å². The molecular weight excluding hydrogens is 250 g/mol. The van der Waals surface area contributed by atoms with Crippen molar-refractivity contribution in [1.29, 1.82) is 0 Å². The van der Waals surface area contributed by atoms with Gasteiger partial charge in [-0.2, -0.15) is 0 Å². The first kappa shape index (κ1) is 13.5. The maximum Gasteiger partial charge on any atom is 0.162 e. The molecule has 18 heavy (non-hydrogen) atoms. The van der Waals surface area contributed by atoms with Gasteiger partial charge < -0.3 is 15.2 Å². The lowest BCUT2D eigenvalue weighted by atomic mass is 9.86. The van der Waals surface area contributed by atoms with Crippen molar-refractivity contribution in [2.24, 2.45) is 11.1 Å². The summed E-state index contributed by atoms with van der Waals surface area (Å²) in [7, 11) is 0. The monoisotopic (exact) mass is 269 g/mol. The van der Waals surface area contributed by atoms with Gasteiger partial charge in [-0.25, -0.2) is 0 Å². The minimum Gasteiger partial charge on any atom is -0.486 e. The van der Waals surface area contributed by atoms with Crippen LogP contribution in [0.4, 0.5) is 0 Å². The van der Waals surface area contributed by atoms with E-state index in [2.05, 4.69) is 20.8 Å². The molecule has 100 valence electrons. The summed E-state index contributed by atoms with van der Waals surface area (Å²) < 4.78 is 11.0. The van der Waals surface area contributed by atoms with Crippen LogP contribution in [0.5, 0.6) is 11.5 Å². The van der Waals surface area contributed by atoms with E-state index >= 15 is 0 Å². The third-order valence-corrected chi connectivity index (χ3v) is 3.22. The average molecular weight is 270 g/mol. The quantitative estimate of drug-likeness (QED) is 0.893. The van der Waals surface area contributed by atoms with Crippen molar-refractivity contribution in [1.82, 2.24) is 0 Å². The lowest BCUT2D eigenvalue weighted by molar-refractivity contribution is 0.171. The van der Waals surface area contributed by atoms with E-state index in [0.29, 0.717) is 24.0 Å². The Kier molecular flexibility index (Phi) is 3.74. The van der Waals surface area contributed by atoms with Gasteiger partial charge in [0.15, 0.2) is 11.5 Å². The highest BCUT2D eigenvalue weighted by molar-refractivity contribution is 6.31. The molecule has 4 heteroatoms. The molecule has 1 aromatic carbocycles. The Morgan fingerprint density at radius 2 is 1.78 bits per heavy atom. The first-order valence-electron chi connectivity index (χ1n) is 6.21. The number of rotatable bonds is 2. The number of ether oxygens (including phenoxy) is 2. The Bertz CT molecular complexity index is 440. The summed E-state index contributed by atoms with van der Waals surface area (Å²) in [6, 6.07) is 3.62. The van der Waals surface area contributed by atoms with Gasteiger partial charge in [0, 0.05) is 17.1 Å². The summed E-state index contributed by atoms with van der Waals surface area (Å²) in [5.41, 5.74) is 7.32. The third kappa shape index (κ3) is 3.09. The van der Waals surface area contributed by atoms with Crippen LogP contribution in [-0.4, -0.2) is 13.2 Å². The molecule has 0 spiro atoms. The Balaban J connectivity index is 2.27. The van der Waals surface area contributed by atoms with Crippen LogP contribution in [0.15, 0.2) is 12.1 Å². The fourth-order valence-electron chi connectivity index (χ4n) is 2.13. The van der Waals surface area contributed by atoms with Gasteiger partial charge in [0.2, 0.25) is 0 Å². The first-order valence-corrected chi connectivity index (χ1v) is 6.59. The van der Waals surface area contributed by atoms with Crippen LogP contribution in [0.2, 0.25) is 5.02 Å². The standard InChI is InChI=1S/C14H20ClNO2/c1-14(2,3)8-11(16)9-6-12-13(7-10(9)15)18-5-4-17-12/h6-7,11H,4-5,8,16H2,1-3H3. The van der Waals surface area contributed by atoms with Gasteiger partial charge >= 0.3 is 0 Å². The molecule has 1 unspecified atom stereocenters. The van der Waals surface area contributed by atoms with Crippen molar-refractivity contribution in [2.75, 3.05) is 13.2 Å². The molecule has 3 nitrogen and oxygen atoms in total. The minimum absolute atomic E-state index is 0.0895. The molecule has 0 saturated carbocycles. The van der Waals surface area contributed by atoms with Crippen LogP contribution in [0.25, 0.3) is 0 Å². The SMILES string of the molecule is CC(C)(C)CC(N)c1cc2c(cc1Cl)OCCO2. The zero-order chi connectivity index (χ0) is 13.3. The molecule has 0 radical (unpaired) electrons. The first-order chi connectivity index (χ1) is 8.37. The second-order valence-electron chi connectivity index (χ2n) is 5.89. The normalized spacial score (nSPS) is 16.5. The Hall–Kier alpha value is -0.930. The second kappa shape index (κ2) is 4.98. The number of fused-ring (bicyclic) bond motifs is 1. The molecule has 0 fully saturated rings. The van der Waals surface area contributed by atoms with Gasteiger partial charge in [-0.05, 0) is 23.5 Å². The molecular formula is C14H20ClNO2. The predicted octanol–water partition coefficient (Wildman–Crippen LogP) is 3.55. The van der Waals surface area contributed by atoms with Crippen LogP contribution in [0.3, 0.4) is 0 Å². The fourth-order valence-corrected chi connectivity index (χ4v) is 2.43. The molecule has 1 aliphatic heterocycles. The van der Waals surface area contributed by atoms with E-state index in [-0.39, 0.29) is 11.5 Å². The summed E-state index contributed by atoms with van der Waals surface area (Å²) >= 11 is 6.27. The summed E-state index contributed by atoms with van der Waals surface area (Å²) in [6.07, 6.45) is 0.867. The summed E-state index contributed by atoms with van der Waals surface area (Å²) in [5.74, 6) is 1.45. The molecule has 1 aromatic rings. The van der Waals surface area contributed by atoms with E-state index in [4.69, 9.17) is 26.8 Å². The molecule has 0 amide bonds. The van der Waals surface area contributed by atoms with E-state index in [1.807, 2.05) is 6.07 Å². The zero-order valence-corrected chi connectivity index (χ0v) is 11.9. The van der Waals surface area contributed by atoms with Crippen molar-refractivity contribution in [3.05, 3.63) is 22.7 Å². The van der Waals surface area contributed by atoms with Crippen LogP contribution in [0, 0.1) is 5.41 Å². The molecule has 1 heterocycles. The predicted molar refractivity (Wildman–Crippen MR) is 73.4 cm³/mol. The van der Waals surface area contributed by atoms with Crippen molar-refractivity contribution in [3.8, 4) is 11.5 Å². The van der Waals surface area contributed by atoms with Gasteiger partial charge in [0.25, 0.3) is 0 Å². The maximum absolute atomic E-state index is 6.27. The smallest absolute Gasteiger partial charge is 0.162 e. The fraction of sp³-hybridized carbons (Fsp3) is 0.571. The Morgan fingerprint density at radius 1 is 1.22 bits per heavy atom. The highest BCUT2D eigenvalue weighted by Crippen LogP contribution is 2.39. The molecule has 2 N–H and O–H groups in total. The van der Waals surface area contributed by atoms with Gasteiger partial charge in [0.05, 0.1) is 0 Å². The maximum atomic E-state index is 6.27. The second-order valence-corrected chi connectivity index (χ2v) is 6.30. The lowest BCUT2D eigenvalue weighted by Gasteiger charge is -2.26. The van der Waals surface area contributed by atoms with E-state index in [0.717, 1.165) is 17.7 Å². The van der Waals surface area contributed by atoms with Crippen LogP contribution >= 0.6 is 11.6 Å². The number of benzene rings is 1. The number of hydrogen-bond donors (Lipinski definition) is 1. The topological polar surface area (TPSA) is 44.5 Å². The van der Waals surface area contributed by atoms with Crippen LogP contribution < -0.4 is 15.2 Å². The van der Waals surface area contributed by atoms with E-state index in [1.165, 1.54) is 0 Å². The highest BCUT2D eigenvalue weighted by atomic mass is 35.5. The third-order valence-electron chi connectivity index (χ3n) is 2.89. The Labute approximate surface area is 113 Å². The minimum atomic E-state index is -0.0895. The number of halogens is 1. The number of nitrogens with two attached hydrogens (primary N) is 1. The lowest BCUT2D eigenvalue weighted by Crippen LogP contribution is -2.20. The largest absolute Gasteiger partial charge is 0.486 e. The van der Waals surface area contributed by atoms with E-state index in [9.17, 15) is 0 Å². The summed E-state index contributed by atoms with van der Waals surface area (Å²) in [4.78, 5) is 0. The molecule has 0 aliphatic carbocycles. The highest BCUT2D eigenvalue weighted by Gasteiger charge is 2.22. The molecule has 1 aliphatic rings. The summed E-state index contributed by atoms with van der Waals surface area (Å²) in [6.45, 7) is 7.63. The van der Waals surface area contributed by atoms with Crippen molar-refractivity contribution < 1.29 is 9.47 Å². The Morgan fingerprint density at radius 3 is 2.33 bits per heavy atom. The van der Waals surface area contributed by atoms with Crippen LogP contribution in [0.1, 0.15) is 38.8 Å². The van der Waals surface area contributed by atoms with E-state index in [1.54, 1.807) is 6.07 Å². The molecule has 1 atom stereocenters. The average Bonchev–Trinajstić information content (AvgIpc) is 2.25. The van der Waals surface area contributed by atoms with Crippen molar-refractivity contribution >= 4 is 11.6 Å². The van der Waals surface area contributed by atoms with E-state index < -0.39 is 0 Å². The molecule has 0 bridgehead atoms. The van der Waals surface area contributed by atoms with Crippen molar-refractivity contribution in [3.63, 3.8) is 0 Å². The van der Waals surface area contributed by atoms with Gasteiger partial charge in [-0.3, -0.25) is 0 Å². The summed E-state index contributed by atoms with van der Waals surface area (Å²) in [5, 5.41) is 0.649. The van der Waals surface area contributed by atoms with Gasteiger partial charge in [0.1, 0.15) is 13.2 Å². The van der Waals surface area contributed by atoms with Gasteiger partial charge in [-0.15, -0.1) is 0 Å². The molecule has 0 saturated heterocycles. The molecule has 0 aromatic heterocycles. The van der Waals surface area contributed by atoms with Gasteiger partial charge in [-0.1, -0.05) is 32.4 Å². The zero-order valence-electron chi connectivity index (χ0n) is 11.1. The number of hydrogen-bond acceptors (Lipinski definition) is 3.